The maximum atomic E-state index is 11.8. The third-order valence-corrected chi connectivity index (χ3v) is 2.88. The van der Waals surface area contributed by atoms with Crippen LogP contribution in [0.3, 0.4) is 0 Å². The molecule has 25 heavy (non-hydrogen) atoms. The van der Waals surface area contributed by atoms with Crippen molar-refractivity contribution in [3.8, 4) is 11.6 Å². The molecule has 0 unspecified atom stereocenters. The van der Waals surface area contributed by atoms with E-state index < -0.39 is 17.7 Å². The van der Waals surface area contributed by atoms with Crippen LogP contribution < -0.4 is 10.1 Å². The van der Waals surface area contributed by atoms with Gasteiger partial charge in [0.05, 0.1) is 18.4 Å². The third-order valence-electron chi connectivity index (χ3n) is 2.88. The zero-order valence-electron chi connectivity index (χ0n) is 14.5. The molecular weight excluding hydrogens is 324 g/mol. The number of esters is 1. The van der Waals surface area contributed by atoms with Gasteiger partial charge in [0.1, 0.15) is 11.4 Å². The van der Waals surface area contributed by atoms with Crippen LogP contribution in [0, 0.1) is 0 Å². The van der Waals surface area contributed by atoms with E-state index in [0.29, 0.717) is 22.9 Å². The molecule has 7 heteroatoms. The molecule has 0 fully saturated rings. The Morgan fingerprint density at radius 3 is 2.36 bits per heavy atom. The average molecular weight is 344 g/mol. The van der Waals surface area contributed by atoms with Gasteiger partial charge in [-0.3, -0.25) is 5.32 Å². The maximum Gasteiger partial charge on any atom is 0.412 e. The Labute approximate surface area is 145 Å². The van der Waals surface area contributed by atoms with Gasteiger partial charge in [0, 0.05) is 12.3 Å². The van der Waals surface area contributed by atoms with Crippen LogP contribution >= 0.6 is 0 Å². The Balaban J connectivity index is 2.04. The highest BCUT2D eigenvalue weighted by atomic mass is 16.6. The molecule has 0 radical (unpaired) electrons. The van der Waals surface area contributed by atoms with Gasteiger partial charge >= 0.3 is 12.1 Å². The van der Waals surface area contributed by atoms with E-state index in [-0.39, 0.29) is 0 Å². The first-order chi connectivity index (χ1) is 11.8. The fourth-order valence-electron chi connectivity index (χ4n) is 1.86. The summed E-state index contributed by atoms with van der Waals surface area (Å²) in [7, 11) is 1.32. The van der Waals surface area contributed by atoms with E-state index in [4.69, 9.17) is 9.47 Å². The monoisotopic (exact) mass is 344 g/mol. The third kappa shape index (κ3) is 5.80. The number of carbonyl (C=O) groups is 2. The molecule has 0 spiro atoms. The molecule has 0 atom stereocenters. The van der Waals surface area contributed by atoms with Crippen molar-refractivity contribution in [3.63, 3.8) is 0 Å². The molecule has 2 aromatic rings. The SMILES string of the molecule is COC(=O)c1ccc(Oc2cc(NC(=O)OC(C)(C)C)ccn2)cc1. The fraction of sp³-hybridized carbons (Fsp3) is 0.278. The number of carbonyl (C=O) groups excluding carboxylic acids is 2. The number of amides is 1. The Hall–Kier alpha value is -3.09. The van der Waals surface area contributed by atoms with E-state index in [2.05, 4.69) is 15.0 Å². The van der Waals surface area contributed by atoms with E-state index in [0.717, 1.165) is 0 Å². The fourth-order valence-corrected chi connectivity index (χ4v) is 1.86. The number of benzene rings is 1. The summed E-state index contributed by atoms with van der Waals surface area (Å²) in [6, 6.07) is 9.62. The second-order valence-electron chi connectivity index (χ2n) is 6.13. The normalized spacial score (nSPS) is 10.7. The average Bonchev–Trinajstić information content (AvgIpc) is 2.53. The summed E-state index contributed by atoms with van der Waals surface area (Å²) in [5.74, 6) is 0.363. The summed E-state index contributed by atoms with van der Waals surface area (Å²) in [6.45, 7) is 5.35. The molecule has 0 aliphatic rings. The van der Waals surface area contributed by atoms with Crippen molar-refractivity contribution in [2.24, 2.45) is 0 Å². The number of ether oxygens (including phenoxy) is 3. The lowest BCUT2D eigenvalue weighted by molar-refractivity contribution is 0.0598. The van der Waals surface area contributed by atoms with Gasteiger partial charge in [-0.25, -0.2) is 14.6 Å². The van der Waals surface area contributed by atoms with Gasteiger partial charge in [-0.1, -0.05) is 0 Å². The van der Waals surface area contributed by atoms with Crippen molar-refractivity contribution in [1.29, 1.82) is 0 Å². The molecule has 7 nitrogen and oxygen atoms in total. The van der Waals surface area contributed by atoms with Gasteiger partial charge in [-0.05, 0) is 51.1 Å². The molecular formula is C18H20N2O5. The molecule has 132 valence electrons. The van der Waals surface area contributed by atoms with Crippen molar-refractivity contribution in [2.45, 2.75) is 26.4 Å². The van der Waals surface area contributed by atoms with E-state index in [1.54, 1.807) is 57.2 Å². The smallest absolute Gasteiger partial charge is 0.412 e. The molecule has 1 heterocycles. The number of nitrogens with zero attached hydrogens (tertiary/aromatic N) is 1. The second-order valence-corrected chi connectivity index (χ2v) is 6.13. The van der Waals surface area contributed by atoms with Gasteiger partial charge in [0.25, 0.3) is 0 Å². The number of aromatic nitrogens is 1. The molecule has 0 saturated carbocycles. The van der Waals surface area contributed by atoms with Gasteiger partial charge in [-0.15, -0.1) is 0 Å². The first-order valence-electron chi connectivity index (χ1n) is 7.59. The van der Waals surface area contributed by atoms with Crippen LogP contribution in [-0.4, -0.2) is 29.8 Å². The van der Waals surface area contributed by atoms with E-state index in [1.165, 1.54) is 13.3 Å². The molecule has 1 aromatic carbocycles. The first kappa shape index (κ1) is 18.3. The summed E-state index contributed by atoms with van der Waals surface area (Å²) in [5, 5.41) is 2.61. The zero-order chi connectivity index (χ0) is 18.4. The van der Waals surface area contributed by atoms with Crippen LogP contribution in [0.4, 0.5) is 10.5 Å². The highest BCUT2D eigenvalue weighted by Crippen LogP contribution is 2.22. The molecule has 1 aromatic heterocycles. The number of hydrogen-bond acceptors (Lipinski definition) is 6. The molecule has 1 amide bonds. The van der Waals surface area contributed by atoms with Crippen LogP contribution in [0.15, 0.2) is 42.6 Å². The van der Waals surface area contributed by atoms with E-state index in [1.807, 2.05) is 0 Å². The maximum absolute atomic E-state index is 11.8. The van der Waals surface area contributed by atoms with Crippen molar-refractivity contribution in [2.75, 3.05) is 12.4 Å². The highest BCUT2D eigenvalue weighted by Gasteiger charge is 2.16. The lowest BCUT2D eigenvalue weighted by Gasteiger charge is -2.19. The van der Waals surface area contributed by atoms with Crippen molar-refractivity contribution in [3.05, 3.63) is 48.2 Å². The molecule has 1 N–H and O–H groups in total. The highest BCUT2D eigenvalue weighted by molar-refractivity contribution is 5.89. The minimum atomic E-state index is -0.585. The topological polar surface area (TPSA) is 86.8 Å². The first-order valence-corrected chi connectivity index (χ1v) is 7.59. The van der Waals surface area contributed by atoms with Crippen LogP contribution in [0.25, 0.3) is 0 Å². The van der Waals surface area contributed by atoms with Gasteiger partial charge in [0.15, 0.2) is 0 Å². The summed E-state index contributed by atoms with van der Waals surface area (Å²) in [5.41, 5.74) is 0.325. The van der Waals surface area contributed by atoms with Crippen LogP contribution in [0.5, 0.6) is 11.6 Å². The summed E-state index contributed by atoms with van der Waals surface area (Å²) in [4.78, 5) is 27.3. The molecule has 0 aliphatic carbocycles. The van der Waals surface area contributed by atoms with Crippen molar-refractivity contribution >= 4 is 17.7 Å². The standard InChI is InChI=1S/C18H20N2O5/c1-18(2,3)25-17(22)20-13-9-10-19-15(11-13)24-14-7-5-12(6-8-14)16(21)23-4/h5-11H,1-4H3,(H,19,20,22). The van der Waals surface area contributed by atoms with Crippen LogP contribution in [-0.2, 0) is 9.47 Å². The van der Waals surface area contributed by atoms with E-state index >= 15 is 0 Å². The Kier molecular flexibility index (Phi) is 5.59. The number of hydrogen-bond donors (Lipinski definition) is 1. The summed E-state index contributed by atoms with van der Waals surface area (Å²) >= 11 is 0. The second kappa shape index (κ2) is 7.65. The molecule has 0 aliphatic heterocycles. The van der Waals surface area contributed by atoms with E-state index in [9.17, 15) is 9.59 Å². The Morgan fingerprint density at radius 2 is 1.76 bits per heavy atom. The molecule has 0 saturated heterocycles. The van der Waals surface area contributed by atoms with Crippen LogP contribution in [0.2, 0.25) is 0 Å². The zero-order valence-corrected chi connectivity index (χ0v) is 14.5. The van der Waals surface area contributed by atoms with Crippen molar-refractivity contribution < 1.29 is 23.8 Å². The number of nitrogens with one attached hydrogen (secondary N) is 1. The number of anilines is 1. The predicted molar refractivity (Wildman–Crippen MR) is 91.9 cm³/mol. The summed E-state index contributed by atoms with van der Waals surface area (Å²) in [6.07, 6.45) is 0.942. The minimum absolute atomic E-state index is 0.291. The molecule has 2 rings (SSSR count). The lowest BCUT2D eigenvalue weighted by Crippen LogP contribution is -2.27. The Morgan fingerprint density at radius 1 is 1.08 bits per heavy atom. The Bertz CT molecular complexity index is 751. The summed E-state index contributed by atoms with van der Waals surface area (Å²) < 4.78 is 15.4. The van der Waals surface area contributed by atoms with Crippen LogP contribution in [0.1, 0.15) is 31.1 Å². The van der Waals surface area contributed by atoms with Gasteiger partial charge < -0.3 is 14.2 Å². The number of methoxy groups -OCH3 is 1. The number of rotatable bonds is 4. The number of pyridine rings is 1. The predicted octanol–water partition coefficient (Wildman–Crippen LogP) is 4.01. The minimum Gasteiger partial charge on any atom is -0.465 e. The quantitative estimate of drug-likeness (QED) is 0.843. The largest absolute Gasteiger partial charge is 0.465 e. The lowest BCUT2D eigenvalue weighted by atomic mass is 10.2. The van der Waals surface area contributed by atoms with Gasteiger partial charge in [0.2, 0.25) is 5.88 Å². The molecule has 0 bridgehead atoms. The van der Waals surface area contributed by atoms with Crippen molar-refractivity contribution in [1.82, 2.24) is 4.98 Å². The van der Waals surface area contributed by atoms with Gasteiger partial charge in [-0.2, -0.15) is 0 Å².